The molecule has 17 heavy (non-hydrogen) atoms. The predicted molar refractivity (Wildman–Crippen MR) is 76.4 cm³/mol. The third-order valence-electron chi connectivity index (χ3n) is 2.07. The van der Waals surface area contributed by atoms with Gasteiger partial charge in [-0.25, -0.2) is 8.42 Å². The average molecular weight is 385 g/mol. The van der Waals surface area contributed by atoms with E-state index >= 15 is 0 Å². The van der Waals surface area contributed by atoms with Gasteiger partial charge in [-0.15, -0.1) is 0 Å². The fourth-order valence-electron chi connectivity index (χ4n) is 1.18. The number of sulfonamides is 1. The topological polar surface area (TPSA) is 70.0 Å². The van der Waals surface area contributed by atoms with Gasteiger partial charge in [-0.3, -0.25) is 4.72 Å². The lowest BCUT2D eigenvalue weighted by molar-refractivity contribution is 0.593. The highest BCUT2D eigenvalue weighted by Crippen LogP contribution is 2.25. The number of hydrogen-bond donors (Lipinski definition) is 1. The minimum atomic E-state index is -3.71. The van der Waals surface area contributed by atoms with Crippen molar-refractivity contribution in [2.24, 2.45) is 0 Å². The Bertz CT molecular complexity index is 554. The quantitative estimate of drug-likeness (QED) is 0.811. The summed E-state index contributed by atoms with van der Waals surface area (Å²) in [7, 11) is -3.71. The molecule has 0 aromatic heterocycles. The molecular formula is C10H10ClIN2O2S. The Hall–Kier alpha value is -0.520. The van der Waals surface area contributed by atoms with Gasteiger partial charge in [0.05, 0.1) is 16.8 Å². The molecule has 92 valence electrons. The summed E-state index contributed by atoms with van der Waals surface area (Å²) in [6.07, 6.45) is 0.230. The molecule has 4 nitrogen and oxygen atoms in total. The molecule has 0 heterocycles. The van der Waals surface area contributed by atoms with Crippen LogP contribution in [0.4, 0.5) is 5.69 Å². The number of hydrogen-bond acceptors (Lipinski definition) is 3. The van der Waals surface area contributed by atoms with Crippen LogP contribution >= 0.6 is 34.2 Å². The molecule has 0 amide bonds. The van der Waals surface area contributed by atoms with Gasteiger partial charge in [0, 0.05) is 3.57 Å². The Labute approximate surface area is 119 Å². The first-order valence-electron chi connectivity index (χ1n) is 4.77. The summed E-state index contributed by atoms with van der Waals surface area (Å²) < 4.78 is 26.8. The highest BCUT2D eigenvalue weighted by atomic mass is 127. The second kappa shape index (κ2) is 5.89. The van der Waals surface area contributed by atoms with E-state index in [0.29, 0.717) is 10.7 Å². The molecule has 0 radical (unpaired) electrons. The van der Waals surface area contributed by atoms with Gasteiger partial charge in [-0.2, -0.15) is 5.26 Å². The minimum Gasteiger partial charge on any atom is -0.281 e. The molecule has 0 spiro atoms. The van der Waals surface area contributed by atoms with Crippen molar-refractivity contribution in [1.29, 1.82) is 5.26 Å². The zero-order valence-electron chi connectivity index (χ0n) is 8.94. The van der Waals surface area contributed by atoms with Crippen LogP contribution in [0.2, 0.25) is 5.02 Å². The van der Waals surface area contributed by atoms with Gasteiger partial charge in [-0.1, -0.05) is 18.5 Å². The number of anilines is 1. The first kappa shape index (κ1) is 14.5. The second-order valence-corrected chi connectivity index (χ2v) is 6.81. The van der Waals surface area contributed by atoms with Crippen molar-refractivity contribution in [2.45, 2.75) is 18.6 Å². The zero-order chi connectivity index (χ0) is 13.1. The van der Waals surface area contributed by atoms with Crippen molar-refractivity contribution in [2.75, 3.05) is 4.72 Å². The molecular weight excluding hydrogens is 375 g/mol. The largest absolute Gasteiger partial charge is 0.281 e. The highest BCUT2D eigenvalue weighted by Gasteiger charge is 2.23. The maximum absolute atomic E-state index is 11.8. The molecule has 0 aliphatic rings. The summed E-state index contributed by atoms with van der Waals surface area (Å²) in [6, 6.07) is 6.70. The van der Waals surface area contributed by atoms with E-state index < -0.39 is 15.3 Å². The van der Waals surface area contributed by atoms with Crippen LogP contribution < -0.4 is 4.72 Å². The normalized spacial score (nSPS) is 12.8. The summed E-state index contributed by atoms with van der Waals surface area (Å²) in [5.74, 6) is 0. The molecule has 1 N–H and O–H groups in total. The van der Waals surface area contributed by atoms with Crippen LogP contribution in [0, 0.1) is 14.9 Å². The van der Waals surface area contributed by atoms with Crippen LogP contribution in [0.5, 0.6) is 0 Å². The van der Waals surface area contributed by atoms with Gasteiger partial charge < -0.3 is 0 Å². The van der Waals surface area contributed by atoms with Crippen LogP contribution in [0.25, 0.3) is 0 Å². The Morgan fingerprint density at radius 3 is 2.71 bits per heavy atom. The Kier molecular flexibility index (Phi) is 5.04. The van der Waals surface area contributed by atoms with Crippen molar-refractivity contribution in [3.8, 4) is 6.07 Å². The average Bonchev–Trinajstić information content (AvgIpc) is 2.23. The van der Waals surface area contributed by atoms with E-state index in [-0.39, 0.29) is 6.42 Å². The number of benzene rings is 1. The third-order valence-corrected chi connectivity index (χ3v) is 4.75. The Morgan fingerprint density at radius 1 is 1.59 bits per heavy atom. The Balaban J connectivity index is 3.03. The fraction of sp³-hybridized carbons (Fsp3) is 0.300. The highest BCUT2D eigenvalue weighted by molar-refractivity contribution is 14.1. The van der Waals surface area contributed by atoms with Gasteiger partial charge in [0.1, 0.15) is 0 Å². The first-order valence-corrected chi connectivity index (χ1v) is 7.77. The van der Waals surface area contributed by atoms with E-state index in [1.54, 1.807) is 31.2 Å². The lowest BCUT2D eigenvalue weighted by Crippen LogP contribution is -2.26. The minimum absolute atomic E-state index is 0.230. The molecule has 1 unspecified atom stereocenters. The maximum Gasteiger partial charge on any atom is 0.249 e. The smallest absolute Gasteiger partial charge is 0.249 e. The molecule has 0 aliphatic heterocycles. The van der Waals surface area contributed by atoms with Crippen molar-refractivity contribution in [1.82, 2.24) is 0 Å². The molecule has 0 bridgehead atoms. The number of nitriles is 1. The summed E-state index contributed by atoms with van der Waals surface area (Å²) >= 11 is 7.99. The van der Waals surface area contributed by atoms with Gasteiger partial charge >= 0.3 is 0 Å². The van der Waals surface area contributed by atoms with Crippen LogP contribution in [0.1, 0.15) is 13.3 Å². The zero-order valence-corrected chi connectivity index (χ0v) is 12.7. The van der Waals surface area contributed by atoms with Crippen LogP contribution in [-0.2, 0) is 10.0 Å². The standard InChI is InChI=1S/C10H10ClIN2O2S/c1-2-8(6-13)17(15,16)14-10-4-3-7(12)5-9(10)11/h3-5,8,14H,2H2,1H3. The molecule has 1 rings (SSSR count). The SMILES string of the molecule is CCC(C#N)S(=O)(=O)Nc1ccc(I)cc1Cl. The van der Waals surface area contributed by atoms with Crippen molar-refractivity contribution >= 4 is 49.9 Å². The first-order chi connectivity index (χ1) is 7.90. The van der Waals surface area contributed by atoms with Gasteiger partial charge in [-0.05, 0) is 47.2 Å². The predicted octanol–water partition coefficient (Wildman–Crippen LogP) is 2.99. The third kappa shape index (κ3) is 3.72. The van der Waals surface area contributed by atoms with Crippen LogP contribution in [0.15, 0.2) is 18.2 Å². The molecule has 0 aliphatic carbocycles. The van der Waals surface area contributed by atoms with E-state index in [9.17, 15) is 8.42 Å². The maximum atomic E-state index is 11.8. The van der Waals surface area contributed by atoms with Crippen LogP contribution in [-0.4, -0.2) is 13.7 Å². The van der Waals surface area contributed by atoms with E-state index in [4.69, 9.17) is 16.9 Å². The summed E-state index contributed by atoms with van der Waals surface area (Å²) in [5, 5.41) is 7.99. The summed E-state index contributed by atoms with van der Waals surface area (Å²) in [4.78, 5) is 0. The molecule has 0 saturated heterocycles. The van der Waals surface area contributed by atoms with Crippen molar-refractivity contribution in [3.63, 3.8) is 0 Å². The van der Waals surface area contributed by atoms with Crippen molar-refractivity contribution in [3.05, 3.63) is 26.8 Å². The number of rotatable bonds is 4. The summed E-state index contributed by atoms with van der Waals surface area (Å²) in [6.45, 7) is 1.64. The lowest BCUT2D eigenvalue weighted by atomic mass is 10.3. The number of nitrogens with one attached hydrogen (secondary N) is 1. The number of nitrogens with zero attached hydrogens (tertiary/aromatic N) is 1. The van der Waals surface area contributed by atoms with Gasteiger partial charge in [0.25, 0.3) is 0 Å². The van der Waals surface area contributed by atoms with Crippen molar-refractivity contribution < 1.29 is 8.42 Å². The monoisotopic (exact) mass is 384 g/mol. The second-order valence-electron chi connectivity index (χ2n) is 3.30. The molecule has 0 saturated carbocycles. The molecule has 1 aromatic carbocycles. The van der Waals surface area contributed by atoms with E-state index in [2.05, 4.69) is 27.3 Å². The fourth-order valence-corrected chi connectivity index (χ4v) is 3.34. The van der Waals surface area contributed by atoms with E-state index in [1.807, 2.05) is 0 Å². The summed E-state index contributed by atoms with van der Waals surface area (Å²) in [5.41, 5.74) is 0.292. The molecule has 1 aromatic rings. The molecule has 1 atom stereocenters. The Morgan fingerprint density at radius 2 is 2.24 bits per heavy atom. The molecule has 7 heteroatoms. The van der Waals surface area contributed by atoms with Gasteiger partial charge in [0.15, 0.2) is 5.25 Å². The lowest BCUT2D eigenvalue weighted by Gasteiger charge is -2.12. The van der Waals surface area contributed by atoms with E-state index in [0.717, 1.165) is 3.57 Å². The number of halogens is 2. The molecule has 0 fully saturated rings. The van der Waals surface area contributed by atoms with Gasteiger partial charge in [0.2, 0.25) is 10.0 Å². The van der Waals surface area contributed by atoms with E-state index in [1.165, 1.54) is 0 Å². The van der Waals surface area contributed by atoms with Crippen LogP contribution in [0.3, 0.4) is 0 Å².